The normalized spacial score (nSPS) is 12.1. The summed E-state index contributed by atoms with van der Waals surface area (Å²) in [6.45, 7) is 11.0. The molecule has 0 saturated carbocycles. The highest BCUT2D eigenvalue weighted by Crippen LogP contribution is 2.39. The molecular weight excluding hydrogens is 903 g/mol. The number of aliphatic hydroxyl groups is 1. The van der Waals surface area contributed by atoms with Crippen LogP contribution in [-0.2, 0) is 20.2 Å². The van der Waals surface area contributed by atoms with Gasteiger partial charge in [-0.25, -0.2) is 0 Å². The van der Waals surface area contributed by atoms with Crippen LogP contribution >= 0.6 is 11.8 Å². The van der Waals surface area contributed by atoms with Crippen LogP contribution in [0, 0.1) is 0 Å². The number of nitrogens with zero attached hydrogens (tertiary/aromatic N) is 9. The van der Waals surface area contributed by atoms with Crippen LogP contribution in [-0.4, -0.2) is 84.5 Å². The summed E-state index contributed by atoms with van der Waals surface area (Å²) in [5.74, 6) is 0.570. The first kappa shape index (κ1) is 47.3. The number of aromatic nitrogens is 3. The molecule has 0 fully saturated rings. The van der Waals surface area contributed by atoms with E-state index in [4.69, 9.17) is 4.98 Å². The van der Waals surface area contributed by atoms with Gasteiger partial charge in [-0.3, -0.25) is 9.11 Å². The molecule has 0 atom stereocenters. The van der Waals surface area contributed by atoms with E-state index in [-0.39, 0.29) is 28.3 Å². The molecule has 0 aliphatic rings. The SMILES string of the molecule is CCN(CC)c1ccc(N=Nc2ccc(S(=O)(=O)O)c3ccccc23)c(Nc2nc(Nc3cc(N(CC)CC)ccc3N=Nc3ccc(S(=O)(=O)O)c4ccccc34)nc(SCCO)n2)c1. The Morgan fingerprint density at radius 3 is 1.29 bits per heavy atom. The predicted octanol–water partition coefficient (Wildman–Crippen LogP) is 10.8. The molecule has 0 aliphatic heterocycles. The first-order valence-corrected chi connectivity index (χ1v) is 24.7. The molecule has 0 spiro atoms. The van der Waals surface area contributed by atoms with E-state index >= 15 is 0 Å². The van der Waals surface area contributed by atoms with E-state index in [1.807, 2.05) is 52.0 Å². The topological polar surface area (TPSA) is 248 Å². The second-order valence-corrected chi connectivity index (χ2v) is 18.3. The summed E-state index contributed by atoms with van der Waals surface area (Å²) < 4.78 is 68.4. The summed E-state index contributed by atoms with van der Waals surface area (Å²) in [6, 6.07) is 30.1. The van der Waals surface area contributed by atoms with Crippen LogP contribution in [0.2, 0.25) is 0 Å². The quantitative estimate of drug-likeness (QED) is 0.0287. The van der Waals surface area contributed by atoms with Gasteiger partial charge < -0.3 is 25.5 Å². The fraction of sp³-hybridized carbons (Fsp3) is 0.222. The van der Waals surface area contributed by atoms with Crippen LogP contribution < -0.4 is 20.4 Å². The summed E-state index contributed by atoms with van der Waals surface area (Å²) in [5, 5.41) is 36.5. The minimum atomic E-state index is -4.51. The molecule has 18 nitrogen and oxygen atoms in total. The van der Waals surface area contributed by atoms with Gasteiger partial charge in [0.05, 0.1) is 29.4 Å². The molecule has 0 bridgehead atoms. The minimum Gasteiger partial charge on any atom is -0.396 e. The third kappa shape index (κ3) is 10.9. The lowest BCUT2D eigenvalue weighted by molar-refractivity contribution is 0.322. The molecule has 7 rings (SSSR count). The Labute approximate surface area is 386 Å². The lowest BCUT2D eigenvalue weighted by atomic mass is 10.1. The van der Waals surface area contributed by atoms with Crippen molar-refractivity contribution in [3.8, 4) is 0 Å². The molecule has 0 aliphatic carbocycles. The second kappa shape index (κ2) is 20.7. The Bertz CT molecular complexity index is 2980. The lowest BCUT2D eigenvalue weighted by Crippen LogP contribution is -2.21. The van der Waals surface area contributed by atoms with Gasteiger partial charge in [0, 0.05) is 64.9 Å². The number of hydrogen-bond acceptors (Lipinski definition) is 17. The maximum atomic E-state index is 12.2. The summed E-state index contributed by atoms with van der Waals surface area (Å²) in [6.07, 6.45) is 0. The van der Waals surface area contributed by atoms with Crippen molar-refractivity contribution >= 4 is 111 Å². The van der Waals surface area contributed by atoms with Crippen molar-refractivity contribution < 1.29 is 31.0 Å². The summed E-state index contributed by atoms with van der Waals surface area (Å²) in [7, 11) is -9.01. The Morgan fingerprint density at radius 2 is 0.909 bits per heavy atom. The van der Waals surface area contributed by atoms with E-state index in [1.54, 1.807) is 60.7 Å². The Morgan fingerprint density at radius 1 is 0.530 bits per heavy atom. The van der Waals surface area contributed by atoms with Gasteiger partial charge in [-0.2, -0.15) is 31.8 Å². The van der Waals surface area contributed by atoms with Gasteiger partial charge in [0.1, 0.15) is 21.2 Å². The van der Waals surface area contributed by atoms with Crippen LogP contribution in [0.3, 0.4) is 0 Å². The number of nitrogens with one attached hydrogen (secondary N) is 2. The summed E-state index contributed by atoms with van der Waals surface area (Å²) >= 11 is 1.22. The molecule has 6 aromatic carbocycles. The zero-order valence-electron chi connectivity index (χ0n) is 36.4. The number of anilines is 6. The van der Waals surface area contributed by atoms with Gasteiger partial charge in [0.15, 0.2) is 5.16 Å². The number of rotatable bonds is 19. The maximum Gasteiger partial charge on any atom is 0.295 e. The lowest BCUT2D eigenvalue weighted by Gasteiger charge is -2.22. The molecule has 1 aromatic heterocycles. The Kier molecular flexibility index (Phi) is 14.8. The smallest absolute Gasteiger partial charge is 0.295 e. The number of azo groups is 2. The molecule has 21 heteroatoms. The third-order valence-electron chi connectivity index (χ3n) is 10.5. The van der Waals surface area contributed by atoms with Gasteiger partial charge in [-0.15, -0.1) is 20.5 Å². The monoisotopic (exact) mass is 949 g/mol. The van der Waals surface area contributed by atoms with Crippen molar-refractivity contribution in [2.24, 2.45) is 20.5 Å². The van der Waals surface area contributed by atoms with Crippen molar-refractivity contribution in [2.45, 2.75) is 42.6 Å². The third-order valence-corrected chi connectivity index (χ3v) is 13.1. The van der Waals surface area contributed by atoms with E-state index in [1.165, 1.54) is 36.0 Å². The fourth-order valence-corrected chi connectivity index (χ4v) is 9.22. The zero-order valence-corrected chi connectivity index (χ0v) is 38.8. The molecule has 342 valence electrons. The average molecular weight is 950 g/mol. The molecule has 7 aromatic rings. The predicted molar refractivity (Wildman–Crippen MR) is 260 cm³/mol. The second-order valence-electron chi connectivity index (χ2n) is 14.4. The molecule has 0 radical (unpaired) electrons. The molecule has 0 saturated heterocycles. The van der Waals surface area contributed by atoms with E-state index in [0.717, 1.165) is 37.6 Å². The number of hydrogen-bond donors (Lipinski definition) is 5. The number of benzene rings is 6. The van der Waals surface area contributed by atoms with Gasteiger partial charge in [-0.1, -0.05) is 60.3 Å². The van der Waals surface area contributed by atoms with E-state index in [0.29, 0.717) is 66.6 Å². The van der Waals surface area contributed by atoms with Crippen LogP contribution in [0.25, 0.3) is 21.5 Å². The van der Waals surface area contributed by atoms with Crippen LogP contribution in [0.4, 0.5) is 57.4 Å². The van der Waals surface area contributed by atoms with E-state index < -0.39 is 20.2 Å². The fourth-order valence-electron chi connectivity index (χ4n) is 7.26. The minimum absolute atomic E-state index is 0.130. The van der Waals surface area contributed by atoms with Crippen LogP contribution in [0.15, 0.2) is 145 Å². The van der Waals surface area contributed by atoms with Crippen LogP contribution in [0.5, 0.6) is 0 Å². The number of thioether (sulfide) groups is 1. The highest BCUT2D eigenvalue weighted by atomic mass is 32.2. The summed E-state index contributed by atoms with van der Waals surface area (Å²) in [5.41, 5.74) is 4.29. The van der Waals surface area contributed by atoms with Crippen molar-refractivity contribution in [3.05, 3.63) is 109 Å². The van der Waals surface area contributed by atoms with Gasteiger partial charge in [-0.05, 0) is 88.4 Å². The van der Waals surface area contributed by atoms with Crippen molar-refractivity contribution in [2.75, 3.05) is 59.0 Å². The highest BCUT2D eigenvalue weighted by molar-refractivity contribution is 7.99. The van der Waals surface area contributed by atoms with E-state index in [2.05, 4.69) is 50.9 Å². The number of aliphatic hydroxyl groups excluding tert-OH is 1. The first-order valence-electron chi connectivity index (χ1n) is 20.9. The Hall–Kier alpha value is -6.62. The van der Waals surface area contributed by atoms with Crippen molar-refractivity contribution in [3.63, 3.8) is 0 Å². The van der Waals surface area contributed by atoms with Gasteiger partial charge >= 0.3 is 0 Å². The molecular formula is C45H47N11O7S3. The molecule has 66 heavy (non-hydrogen) atoms. The largest absolute Gasteiger partial charge is 0.396 e. The number of fused-ring (bicyclic) bond motifs is 2. The van der Waals surface area contributed by atoms with Gasteiger partial charge in [0.25, 0.3) is 20.2 Å². The Balaban J connectivity index is 1.30. The van der Waals surface area contributed by atoms with E-state index in [9.17, 15) is 31.0 Å². The van der Waals surface area contributed by atoms with Crippen LogP contribution in [0.1, 0.15) is 27.7 Å². The zero-order chi connectivity index (χ0) is 47.0. The highest BCUT2D eigenvalue weighted by Gasteiger charge is 2.19. The maximum absolute atomic E-state index is 12.2. The molecule has 5 N–H and O–H groups in total. The van der Waals surface area contributed by atoms with Gasteiger partial charge in [0.2, 0.25) is 11.9 Å². The van der Waals surface area contributed by atoms with Crippen molar-refractivity contribution in [1.82, 2.24) is 15.0 Å². The molecule has 0 unspecified atom stereocenters. The first-order chi connectivity index (χ1) is 31.7. The molecule has 1 heterocycles. The average Bonchev–Trinajstić information content (AvgIpc) is 3.30. The summed E-state index contributed by atoms with van der Waals surface area (Å²) in [4.78, 5) is 18.0. The van der Waals surface area contributed by atoms with Crippen molar-refractivity contribution in [1.29, 1.82) is 0 Å². The standard InChI is InChI=1S/C45H47N11O7S3/c1-5-55(6-2)29-17-19-37(53-51-35-21-23-41(65(58,59)60)33-15-11-9-13-31(33)35)39(27-29)46-43-48-44(50-45(49-43)64-26-25-57)47-40-28-30(56(7-3)8-4)18-20-38(40)54-52-36-22-24-42(66(61,62)63)34-16-12-10-14-32(34)36/h9-24,27-28,57H,5-8,25-26H2,1-4H3,(H,58,59,60)(H,61,62,63)(H2,46,47,48,49,50). The molecule has 0 amide bonds.